The number of amides is 1. The Morgan fingerprint density at radius 2 is 1.71 bits per heavy atom. The Balaban J connectivity index is 1.47. The summed E-state index contributed by atoms with van der Waals surface area (Å²) in [4.78, 5) is 12.2. The molecular weight excluding hydrogens is 416 g/mol. The summed E-state index contributed by atoms with van der Waals surface area (Å²) < 4.78 is 18.5. The number of aromatic amines is 1. The molecule has 3 rings (SSSR count). The lowest BCUT2D eigenvalue weighted by atomic mass is 10.2. The number of nitrogens with zero attached hydrogens (tertiary/aromatic N) is 2. The maximum atomic E-state index is 12.2. The molecule has 0 fully saturated rings. The van der Waals surface area contributed by atoms with Crippen molar-refractivity contribution in [1.82, 2.24) is 20.1 Å². The van der Waals surface area contributed by atoms with Crippen LogP contribution in [0.2, 0.25) is 0 Å². The van der Waals surface area contributed by atoms with Crippen molar-refractivity contribution in [3.63, 3.8) is 0 Å². The Labute approximate surface area is 186 Å². The van der Waals surface area contributed by atoms with Crippen molar-refractivity contribution in [2.24, 2.45) is 0 Å². The zero-order chi connectivity index (χ0) is 22.1. The van der Waals surface area contributed by atoms with Gasteiger partial charge in [-0.3, -0.25) is 14.5 Å². The van der Waals surface area contributed by atoms with Crippen LogP contribution in [0.1, 0.15) is 13.3 Å². The monoisotopic (exact) mass is 442 g/mol. The summed E-state index contributed by atoms with van der Waals surface area (Å²) in [5.41, 5.74) is 0.893. The van der Waals surface area contributed by atoms with Crippen molar-refractivity contribution in [2.75, 3.05) is 26.9 Å². The van der Waals surface area contributed by atoms with Gasteiger partial charge in [-0.25, -0.2) is 0 Å². The van der Waals surface area contributed by atoms with Crippen LogP contribution < -0.4 is 19.5 Å². The van der Waals surface area contributed by atoms with Gasteiger partial charge >= 0.3 is 0 Å². The van der Waals surface area contributed by atoms with Crippen LogP contribution in [0.25, 0.3) is 11.4 Å². The number of rotatable bonds is 11. The molecule has 0 aliphatic rings. The summed E-state index contributed by atoms with van der Waals surface area (Å²) >= 11 is 5.33. The Hall–Kier alpha value is -3.33. The van der Waals surface area contributed by atoms with Crippen molar-refractivity contribution < 1.29 is 19.0 Å². The normalized spacial score (nSPS) is 10.5. The molecule has 8 nitrogen and oxygen atoms in total. The van der Waals surface area contributed by atoms with Gasteiger partial charge in [0, 0.05) is 18.5 Å². The molecule has 0 atom stereocenters. The van der Waals surface area contributed by atoms with Crippen molar-refractivity contribution in [3.8, 4) is 28.6 Å². The Bertz CT molecular complexity index is 1030. The highest BCUT2D eigenvalue weighted by molar-refractivity contribution is 7.71. The molecule has 0 bridgehead atoms. The third-order valence-corrected chi connectivity index (χ3v) is 4.81. The molecule has 2 N–H and O–H groups in total. The molecule has 0 spiro atoms. The highest BCUT2D eigenvalue weighted by atomic mass is 32.1. The molecule has 2 aromatic carbocycles. The van der Waals surface area contributed by atoms with Gasteiger partial charge in [-0.2, -0.15) is 5.10 Å². The second-order valence-electron chi connectivity index (χ2n) is 6.59. The molecule has 0 saturated carbocycles. The highest BCUT2D eigenvalue weighted by Crippen LogP contribution is 2.21. The van der Waals surface area contributed by atoms with E-state index in [0.29, 0.717) is 36.9 Å². The molecule has 0 unspecified atom stereocenters. The molecule has 164 valence electrons. The van der Waals surface area contributed by atoms with Gasteiger partial charge in [-0.05, 0) is 67.7 Å². The van der Waals surface area contributed by atoms with E-state index in [0.717, 1.165) is 22.8 Å². The molecule has 0 aliphatic heterocycles. The largest absolute Gasteiger partial charge is 0.497 e. The molecule has 0 aliphatic carbocycles. The van der Waals surface area contributed by atoms with Crippen LogP contribution in [0, 0.1) is 4.77 Å². The van der Waals surface area contributed by atoms with Crippen LogP contribution in [0.15, 0.2) is 48.5 Å². The van der Waals surface area contributed by atoms with E-state index in [1.54, 1.807) is 7.11 Å². The Morgan fingerprint density at radius 3 is 2.39 bits per heavy atom. The van der Waals surface area contributed by atoms with Crippen molar-refractivity contribution in [1.29, 1.82) is 0 Å². The minimum absolute atomic E-state index is 0.0842. The first-order chi connectivity index (χ1) is 15.1. The summed E-state index contributed by atoms with van der Waals surface area (Å²) in [5, 5.41) is 9.96. The lowest BCUT2D eigenvalue weighted by Gasteiger charge is -2.10. The predicted octanol–water partition coefficient (Wildman–Crippen LogP) is 3.60. The third-order valence-electron chi connectivity index (χ3n) is 4.50. The van der Waals surface area contributed by atoms with Crippen LogP contribution in [-0.2, 0) is 11.3 Å². The Morgan fingerprint density at radius 1 is 1.06 bits per heavy atom. The summed E-state index contributed by atoms with van der Waals surface area (Å²) in [6.07, 6.45) is 0.278. The van der Waals surface area contributed by atoms with Gasteiger partial charge < -0.3 is 19.5 Å². The molecule has 1 aromatic heterocycles. The molecule has 9 heteroatoms. The standard InChI is InChI=1S/C22H26N4O4S/c1-3-29-18-6-4-16(5-7-18)21-24-25-22(31)26(21)14-12-20(27)23-13-15-30-19-10-8-17(28-2)9-11-19/h4-11H,3,12-15H2,1-2H3,(H,23,27)(H,25,31). The number of benzene rings is 2. The number of nitrogens with one attached hydrogen (secondary N) is 2. The first-order valence-electron chi connectivity index (χ1n) is 10.0. The lowest BCUT2D eigenvalue weighted by molar-refractivity contribution is -0.121. The number of carbonyl (C=O) groups is 1. The van der Waals surface area contributed by atoms with Crippen LogP contribution in [0.4, 0.5) is 0 Å². The van der Waals surface area contributed by atoms with E-state index in [1.807, 2.05) is 60.0 Å². The second kappa shape index (κ2) is 11.2. The third kappa shape index (κ3) is 6.32. The van der Waals surface area contributed by atoms with E-state index in [-0.39, 0.29) is 12.3 Å². The first-order valence-corrected chi connectivity index (χ1v) is 10.4. The summed E-state index contributed by atoms with van der Waals surface area (Å²) in [6, 6.07) is 14.9. The number of methoxy groups -OCH3 is 1. The van der Waals surface area contributed by atoms with E-state index in [2.05, 4.69) is 15.5 Å². The number of ether oxygens (including phenoxy) is 3. The fourth-order valence-electron chi connectivity index (χ4n) is 2.95. The van der Waals surface area contributed by atoms with Crippen LogP contribution in [0.5, 0.6) is 17.2 Å². The van der Waals surface area contributed by atoms with E-state index in [9.17, 15) is 4.79 Å². The molecule has 0 saturated heterocycles. The van der Waals surface area contributed by atoms with Gasteiger partial charge in [0.1, 0.15) is 23.9 Å². The van der Waals surface area contributed by atoms with Crippen molar-refractivity contribution >= 4 is 18.1 Å². The highest BCUT2D eigenvalue weighted by Gasteiger charge is 2.11. The number of H-pyrrole nitrogens is 1. The Kier molecular flexibility index (Phi) is 8.05. The molecule has 31 heavy (non-hydrogen) atoms. The fourth-order valence-corrected chi connectivity index (χ4v) is 3.17. The summed E-state index contributed by atoms with van der Waals surface area (Å²) in [5.74, 6) is 2.88. The SMILES string of the molecule is CCOc1ccc(-c2n[nH]c(=S)n2CCC(=O)NCCOc2ccc(OC)cc2)cc1. The predicted molar refractivity (Wildman–Crippen MR) is 120 cm³/mol. The van der Waals surface area contributed by atoms with Gasteiger partial charge in [-0.15, -0.1) is 0 Å². The zero-order valence-electron chi connectivity index (χ0n) is 17.6. The maximum Gasteiger partial charge on any atom is 0.221 e. The number of hydrogen-bond acceptors (Lipinski definition) is 6. The van der Waals surface area contributed by atoms with E-state index < -0.39 is 0 Å². The van der Waals surface area contributed by atoms with Gasteiger partial charge in [0.25, 0.3) is 0 Å². The van der Waals surface area contributed by atoms with E-state index in [1.165, 1.54) is 0 Å². The summed E-state index contributed by atoms with van der Waals surface area (Å²) in [7, 11) is 1.61. The molecular formula is C22H26N4O4S. The minimum atomic E-state index is -0.0842. The quantitative estimate of drug-likeness (QED) is 0.348. The molecule has 1 amide bonds. The number of aromatic nitrogens is 3. The van der Waals surface area contributed by atoms with Gasteiger partial charge in [0.15, 0.2) is 10.6 Å². The zero-order valence-corrected chi connectivity index (χ0v) is 18.4. The van der Waals surface area contributed by atoms with E-state index >= 15 is 0 Å². The minimum Gasteiger partial charge on any atom is -0.497 e. The van der Waals surface area contributed by atoms with Gasteiger partial charge in [0.05, 0.1) is 20.3 Å². The smallest absolute Gasteiger partial charge is 0.221 e. The second-order valence-corrected chi connectivity index (χ2v) is 6.97. The number of carbonyl (C=O) groups excluding carboxylic acids is 1. The lowest BCUT2D eigenvalue weighted by Crippen LogP contribution is -2.28. The van der Waals surface area contributed by atoms with Crippen LogP contribution in [0.3, 0.4) is 0 Å². The van der Waals surface area contributed by atoms with Gasteiger partial charge in [-0.1, -0.05) is 0 Å². The fraction of sp³-hybridized carbons (Fsp3) is 0.318. The maximum absolute atomic E-state index is 12.2. The average molecular weight is 443 g/mol. The topological polar surface area (TPSA) is 90.4 Å². The molecule has 3 aromatic rings. The van der Waals surface area contributed by atoms with Crippen molar-refractivity contribution in [3.05, 3.63) is 53.3 Å². The molecule has 1 heterocycles. The van der Waals surface area contributed by atoms with Crippen molar-refractivity contribution in [2.45, 2.75) is 19.9 Å². The number of hydrogen-bond donors (Lipinski definition) is 2. The summed E-state index contributed by atoms with van der Waals surface area (Å²) in [6.45, 7) is 3.75. The molecule has 0 radical (unpaired) electrons. The first kappa shape index (κ1) is 22.4. The average Bonchev–Trinajstić information content (AvgIpc) is 3.16. The van der Waals surface area contributed by atoms with Crippen LogP contribution >= 0.6 is 12.2 Å². The van der Waals surface area contributed by atoms with E-state index in [4.69, 9.17) is 26.4 Å². The van der Waals surface area contributed by atoms with Gasteiger partial charge in [0.2, 0.25) is 5.91 Å². The van der Waals surface area contributed by atoms with Crippen LogP contribution in [-0.4, -0.2) is 47.5 Å².